The molecule has 1 fully saturated rings. The summed E-state index contributed by atoms with van der Waals surface area (Å²) in [7, 11) is 0. The highest BCUT2D eigenvalue weighted by Crippen LogP contribution is 2.22. The van der Waals surface area contributed by atoms with Crippen LogP contribution in [0.25, 0.3) is 5.69 Å². The minimum absolute atomic E-state index is 0.0241. The molecular weight excluding hydrogens is 357 g/mol. The van der Waals surface area contributed by atoms with Crippen molar-refractivity contribution in [3.05, 3.63) is 77.9 Å². The molecule has 0 aliphatic carbocycles. The van der Waals surface area contributed by atoms with E-state index in [1.807, 2.05) is 42.2 Å². The molecule has 0 spiro atoms. The number of ether oxygens (including phenoxy) is 1. The summed E-state index contributed by atoms with van der Waals surface area (Å²) in [5.41, 5.74) is 2.05. The van der Waals surface area contributed by atoms with E-state index in [9.17, 15) is 9.18 Å². The maximum Gasteiger partial charge on any atom is 0.257 e. The Kier molecular flexibility index (Phi) is 5.10. The lowest BCUT2D eigenvalue weighted by Gasteiger charge is -2.32. The van der Waals surface area contributed by atoms with Crippen LogP contribution in [0.5, 0.6) is 5.75 Å². The van der Waals surface area contributed by atoms with Crippen molar-refractivity contribution in [3.8, 4) is 11.4 Å². The van der Waals surface area contributed by atoms with Gasteiger partial charge in [0.1, 0.15) is 17.7 Å². The van der Waals surface area contributed by atoms with E-state index in [1.54, 1.807) is 23.0 Å². The zero-order chi connectivity index (χ0) is 19.5. The number of carbonyl (C=O) groups is 1. The van der Waals surface area contributed by atoms with Gasteiger partial charge in [-0.15, -0.1) is 0 Å². The number of benzene rings is 2. The third kappa shape index (κ3) is 3.76. The average molecular weight is 379 g/mol. The molecule has 3 aromatic rings. The van der Waals surface area contributed by atoms with Crippen LogP contribution in [0.1, 0.15) is 28.9 Å². The molecule has 0 unspecified atom stereocenters. The van der Waals surface area contributed by atoms with Gasteiger partial charge in [0.05, 0.1) is 23.1 Å². The Balaban J connectivity index is 1.41. The Labute approximate surface area is 163 Å². The molecule has 6 heteroatoms. The summed E-state index contributed by atoms with van der Waals surface area (Å²) in [6.45, 7) is 3.16. The maximum atomic E-state index is 13.1. The van der Waals surface area contributed by atoms with E-state index in [-0.39, 0.29) is 17.8 Å². The Morgan fingerprint density at radius 1 is 1.07 bits per heavy atom. The lowest BCUT2D eigenvalue weighted by molar-refractivity contribution is 0.0595. The Hall–Kier alpha value is -3.15. The Bertz CT molecular complexity index is 946. The van der Waals surface area contributed by atoms with Gasteiger partial charge < -0.3 is 9.64 Å². The number of likely N-dealkylation sites (tertiary alicyclic amines) is 1. The third-order valence-electron chi connectivity index (χ3n) is 5.09. The fourth-order valence-electron chi connectivity index (χ4n) is 3.50. The van der Waals surface area contributed by atoms with Crippen molar-refractivity contribution in [2.45, 2.75) is 25.9 Å². The Morgan fingerprint density at radius 2 is 1.75 bits per heavy atom. The molecule has 0 atom stereocenters. The first-order valence-electron chi connectivity index (χ1n) is 9.43. The quantitative estimate of drug-likeness (QED) is 0.688. The summed E-state index contributed by atoms with van der Waals surface area (Å²) in [6, 6.07) is 15.8. The van der Waals surface area contributed by atoms with Crippen molar-refractivity contribution in [1.82, 2.24) is 14.7 Å². The highest BCUT2D eigenvalue weighted by atomic mass is 19.1. The van der Waals surface area contributed by atoms with Crippen LogP contribution in [0, 0.1) is 12.7 Å². The number of hydrogen-bond donors (Lipinski definition) is 0. The number of amides is 1. The molecule has 1 aromatic heterocycles. The fraction of sp³-hybridized carbons (Fsp3) is 0.273. The molecule has 144 valence electrons. The fourth-order valence-corrected chi connectivity index (χ4v) is 3.50. The van der Waals surface area contributed by atoms with Gasteiger partial charge in [0.25, 0.3) is 5.91 Å². The van der Waals surface area contributed by atoms with E-state index in [4.69, 9.17) is 4.74 Å². The van der Waals surface area contributed by atoms with E-state index in [0.29, 0.717) is 18.7 Å². The summed E-state index contributed by atoms with van der Waals surface area (Å²) in [5, 5.41) is 4.32. The highest BCUT2D eigenvalue weighted by Gasteiger charge is 2.27. The van der Waals surface area contributed by atoms with Gasteiger partial charge in [0.2, 0.25) is 0 Å². The lowest BCUT2D eigenvalue weighted by atomic mass is 10.1. The topological polar surface area (TPSA) is 47.4 Å². The van der Waals surface area contributed by atoms with Crippen LogP contribution in [-0.2, 0) is 0 Å². The van der Waals surface area contributed by atoms with Gasteiger partial charge in [-0.25, -0.2) is 9.07 Å². The lowest BCUT2D eigenvalue weighted by Crippen LogP contribution is -2.41. The first-order valence-corrected chi connectivity index (χ1v) is 9.43. The van der Waals surface area contributed by atoms with E-state index < -0.39 is 0 Å². The molecule has 1 aliphatic heterocycles. The Morgan fingerprint density at radius 3 is 2.43 bits per heavy atom. The van der Waals surface area contributed by atoms with Crippen molar-refractivity contribution < 1.29 is 13.9 Å². The smallest absolute Gasteiger partial charge is 0.257 e. The maximum absolute atomic E-state index is 13.1. The number of para-hydroxylation sites is 1. The summed E-state index contributed by atoms with van der Waals surface area (Å²) < 4.78 is 20.8. The first-order chi connectivity index (χ1) is 13.6. The molecule has 2 aromatic carbocycles. The van der Waals surface area contributed by atoms with E-state index in [0.717, 1.165) is 30.0 Å². The van der Waals surface area contributed by atoms with Gasteiger partial charge in [-0.3, -0.25) is 4.79 Å². The molecule has 28 heavy (non-hydrogen) atoms. The van der Waals surface area contributed by atoms with Crippen LogP contribution in [0.3, 0.4) is 0 Å². The molecule has 1 aliphatic rings. The normalized spacial score (nSPS) is 14.9. The number of nitrogens with zero attached hydrogens (tertiary/aromatic N) is 3. The summed E-state index contributed by atoms with van der Waals surface area (Å²) in [4.78, 5) is 14.8. The number of piperidine rings is 1. The molecule has 0 radical (unpaired) electrons. The molecule has 1 saturated heterocycles. The zero-order valence-corrected chi connectivity index (χ0v) is 15.7. The second-order valence-corrected chi connectivity index (χ2v) is 6.95. The zero-order valence-electron chi connectivity index (χ0n) is 15.7. The van der Waals surface area contributed by atoms with Gasteiger partial charge in [-0.1, -0.05) is 18.2 Å². The minimum Gasteiger partial charge on any atom is -0.490 e. The molecule has 1 amide bonds. The average Bonchev–Trinajstić information content (AvgIpc) is 3.11. The number of aromatic nitrogens is 2. The predicted molar refractivity (Wildman–Crippen MR) is 104 cm³/mol. The van der Waals surface area contributed by atoms with Gasteiger partial charge in [0.15, 0.2) is 0 Å². The van der Waals surface area contributed by atoms with Crippen LogP contribution in [0.2, 0.25) is 0 Å². The van der Waals surface area contributed by atoms with Crippen molar-refractivity contribution in [3.63, 3.8) is 0 Å². The van der Waals surface area contributed by atoms with Crippen LogP contribution in [0.4, 0.5) is 4.39 Å². The van der Waals surface area contributed by atoms with Gasteiger partial charge in [-0.05, 0) is 43.3 Å². The molecule has 4 rings (SSSR count). The molecule has 2 heterocycles. The van der Waals surface area contributed by atoms with Crippen LogP contribution < -0.4 is 4.74 Å². The molecule has 0 saturated carbocycles. The standard InChI is InChI=1S/C22H22FN3O2/c1-16-21(15-24-26(16)18-9-7-17(23)8-10-18)22(27)25-13-11-20(12-14-25)28-19-5-3-2-4-6-19/h2-10,15,20H,11-14H2,1H3. The SMILES string of the molecule is Cc1c(C(=O)N2CCC(Oc3ccccc3)CC2)cnn1-c1ccc(F)cc1. The predicted octanol–water partition coefficient (Wildman–Crippen LogP) is 4.00. The van der Waals surface area contributed by atoms with Gasteiger partial charge >= 0.3 is 0 Å². The summed E-state index contributed by atoms with van der Waals surface area (Å²) >= 11 is 0. The molecule has 0 N–H and O–H groups in total. The van der Waals surface area contributed by atoms with Crippen LogP contribution in [-0.4, -0.2) is 39.8 Å². The largest absolute Gasteiger partial charge is 0.490 e. The molecule has 5 nitrogen and oxygen atoms in total. The second-order valence-electron chi connectivity index (χ2n) is 6.95. The summed E-state index contributed by atoms with van der Waals surface area (Å²) in [6.07, 6.45) is 3.31. The molecule has 0 bridgehead atoms. The monoisotopic (exact) mass is 379 g/mol. The van der Waals surface area contributed by atoms with Crippen molar-refractivity contribution in [2.24, 2.45) is 0 Å². The number of rotatable bonds is 4. The van der Waals surface area contributed by atoms with Crippen LogP contribution in [0.15, 0.2) is 60.8 Å². The van der Waals surface area contributed by atoms with E-state index >= 15 is 0 Å². The number of carbonyl (C=O) groups excluding carboxylic acids is 1. The van der Waals surface area contributed by atoms with Crippen molar-refractivity contribution >= 4 is 5.91 Å². The molecular formula is C22H22FN3O2. The number of halogens is 1. The van der Waals surface area contributed by atoms with Gasteiger partial charge in [-0.2, -0.15) is 5.10 Å². The van der Waals surface area contributed by atoms with Crippen molar-refractivity contribution in [1.29, 1.82) is 0 Å². The highest BCUT2D eigenvalue weighted by molar-refractivity contribution is 5.95. The minimum atomic E-state index is -0.301. The third-order valence-corrected chi connectivity index (χ3v) is 5.09. The van der Waals surface area contributed by atoms with Crippen molar-refractivity contribution in [2.75, 3.05) is 13.1 Å². The van der Waals surface area contributed by atoms with E-state index in [1.165, 1.54) is 12.1 Å². The summed E-state index contributed by atoms with van der Waals surface area (Å²) in [5.74, 6) is 0.540. The first kappa shape index (κ1) is 18.2. The second kappa shape index (κ2) is 7.84. The number of hydrogen-bond acceptors (Lipinski definition) is 3. The van der Waals surface area contributed by atoms with Crippen LogP contribution >= 0.6 is 0 Å². The van der Waals surface area contributed by atoms with Gasteiger partial charge in [0, 0.05) is 25.9 Å². The van der Waals surface area contributed by atoms with E-state index in [2.05, 4.69) is 5.10 Å².